The maximum absolute atomic E-state index is 12.1. The van der Waals surface area contributed by atoms with E-state index in [4.69, 9.17) is 10.5 Å². The summed E-state index contributed by atoms with van der Waals surface area (Å²) in [6, 6.07) is 8.17. The predicted molar refractivity (Wildman–Crippen MR) is 77.0 cm³/mol. The summed E-state index contributed by atoms with van der Waals surface area (Å²) in [6.07, 6.45) is 1.30. The van der Waals surface area contributed by atoms with Gasteiger partial charge in [-0.15, -0.1) is 0 Å². The van der Waals surface area contributed by atoms with Crippen LogP contribution in [0.1, 0.15) is 17.5 Å². The smallest absolute Gasteiger partial charge is 0.223 e. The number of amides is 1. The van der Waals surface area contributed by atoms with Gasteiger partial charge in [0.25, 0.3) is 0 Å². The molecule has 0 spiro atoms. The van der Waals surface area contributed by atoms with Gasteiger partial charge in [-0.25, -0.2) is 0 Å². The summed E-state index contributed by atoms with van der Waals surface area (Å²) in [6.45, 7) is 4.31. The van der Waals surface area contributed by atoms with Crippen molar-refractivity contribution in [3.63, 3.8) is 0 Å². The Hall–Kier alpha value is -1.39. The van der Waals surface area contributed by atoms with E-state index < -0.39 is 0 Å². The number of ether oxygens (including phenoxy) is 1. The first kappa shape index (κ1) is 15.7. The van der Waals surface area contributed by atoms with E-state index in [0.29, 0.717) is 32.7 Å². The summed E-state index contributed by atoms with van der Waals surface area (Å²) >= 11 is 0. The van der Waals surface area contributed by atoms with Crippen LogP contribution < -0.4 is 5.73 Å². The molecule has 0 aliphatic rings. The standard InChI is InChI=1S/C15H24N2O2/c1-13-5-3-4-6-14(13)7-8-15(18)17(10-9-16)11-12-19-2/h3-6H,7-12,16H2,1-2H3. The molecule has 1 aromatic carbocycles. The Labute approximate surface area is 115 Å². The molecule has 0 radical (unpaired) electrons. The van der Waals surface area contributed by atoms with Crippen molar-refractivity contribution in [1.82, 2.24) is 4.90 Å². The van der Waals surface area contributed by atoms with E-state index in [2.05, 4.69) is 19.1 Å². The molecule has 4 nitrogen and oxygen atoms in total. The van der Waals surface area contributed by atoms with Gasteiger partial charge in [0.2, 0.25) is 5.91 Å². The molecule has 0 unspecified atom stereocenters. The van der Waals surface area contributed by atoms with Crippen molar-refractivity contribution in [2.24, 2.45) is 5.73 Å². The van der Waals surface area contributed by atoms with E-state index >= 15 is 0 Å². The molecule has 1 amide bonds. The van der Waals surface area contributed by atoms with Crippen molar-refractivity contribution in [3.8, 4) is 0 Å². The van der Waals surface area contributed by atoms with Crippen LogP contribution in [0, 0.1) is 6.92 Å². The van der Waals surface area contributed by atoms with Crippen LogP contribution in [0.4, 0.5) is 0 Å². The molecule has 19 heavy (non-hydrogen) atoms. The van der Waals surface area contributed by atoms with Gasteiger partial charge in [-0.3, -0.25) is 4.79 Å². The molecule has 2 N–H and O–H groups in total. The first-order valence-corrected chi connectivity index (χ1v) is 6.70. The highest BCUT2D eigenvalue weighted by molar-refractivity contribution is 5.76. The van der Waals surface area contributed by atoms with Crippen molar-refractivity contribution in [2.75, 3.05) is 33.4 Å². The third kappa shape index (κ3) is 5.41. The minimum Gasteiger partial charge on any atom is -0.383 e. The lowest BCUT2D eigenvalue weighted by molar-refractivity contribution is -0.131. The van der Waals surface area contributed by atoms with Gasteiger partial charge in [-0.05, 0) is 24.5 Å². The first-order valence-electron chi connectivity index (χ1n) is 6.70. The van der Waals surface area contributed by atoms with Crippen LogP contribution in [-0.4, -0.2) is 44.2 Å². The summed E-state index contributed by atoms with van der Waals surface area (Å²) in [5.74, 6) is 0.144. The van der Waals surface area contributed by atoms with Crippen LogP contribution >= 0.6 is 0 Å². The summed E-state index contributed by atoms with van der Waals surface area (Å²) < 4.78 is 5.02. The minimum atomic E-state index is 0.144. The van der Waals surface area contributed by atoms with Gasteiger partial charge in [0.1, 0.15) is 0 Å². The lowest BCUT2D eigenvalue weighted by atomic mass is 10.0. The van der Waals surface area contributed by atoms with Gasteiger partial charge in [0.15, 0.2) is 0 Å². The van der Waals surface area contributed by atoms with Crippen LogP contribution in [0.25, 0.3) is 0 Å². The molecule has 1 rings (SSSR count). The molecule has 106 valence electrons. The van der Waals surface area contributed by atoms with Gasteiger partial charge < -0.3 is 15.4 Å². The number of benzene rings is 1. The second-order valence-corrected chi connectivity index (χ2v) is 4.59. The molecule has 0 atom stereocenters. The predicted octanol–water partition coefficient (Wildman–Crippen LogP) is 1.36. The Morgan fingerprint density at radius 2 is 2.05 bits per heavy atom. The molecule has 0 saturated carbocycles. The maximum atomic E-state index is 12.1. The second-order valence-electron chi connectivity index (χ2n) is 4.59. The zero-order valence-corrected chi connectivity index (χ0v) is 11.9. The number of methoxy groups -OCH3 is 1. The number of aryl methyl sites for hydroxylation is 2. The number of carbonyl (C=O) groups excluding carboxylic acids is 1. The van der Waals surface area contributed by atoms with Crippen molar-refractivity contribution in [2.45, 2.75) is 19.8 Å². The first-order chi connectivity index (χ1) is 9.19. The van der Waals surface area contributed by atoms with Gasteiger partial charge in [0, 0.05) is 33.2 Å². The second kappa shape index (κ2) is 8.67. The maximum Gasteiger partial charge on any atom is 0.223 e. The Balaban J connectivity index is 2.50. The number of hydrogen-bond donors (Lipinski definition) is 1. The molecular formula is C15H24N2O2. The SMILES string of the molecule is COCCN(CCN)C(=O)CCc1ccccc1C. The third-order valence-corrected chi connectivity index (χ3v) is 3.19. The molecule has 4 heteroatoms. The van der Waals surface area contributed by atoms with Gasteiger partial charge in [-0.2, -0.15) is 0 Å². The van der Waals surface area contributed by atoms with Crippen molar-refractivity contribution >= 4 is 5.91 Å². The molecule has 0 aliphatic carbocycles. The van der Waals surface area contributed by atoms with E-state index in [0.717, 1.165) is 6.42 Å². The van der Waals surface area contributed by atoms with Crippen LogP contribution in [0.3, 0.4) is 0 Å². The monoisotopic (exact) mass is 264 g/mol. The fourth-order valence-corrected chi connectivity index (χ4v) is 2.01. The Kier molecular flexibility index (Phi) is 7.15. The van der Waals surface area contributed by atoms with Crippen LogP contribution in [0.2, 0.25) is 0 Å². The molecule has 1 aromatic rings. The quantitative estimate of drug-likeness (QED) is 0.771. The molecule has 0 aromatic heterocycles. The minimum absolute atomic E-state index is 0.144. The van der Waals surface area contributed by atoms with E-state index in [-0.39, 0.29) is 5.91 Å². The Bertz CT molecular complexity index is 393. The van der Waals surface area contributed by atoms with Crippen molar-refractivity contribution in [3.05, 3.63) is 35.4 Å². The summed E-state index contributed by atoms with van der Waals surface area (Å²) in [5, 5.41) is 0. The molecular weight excluding hydrogens is 240 g/mol. The zero-order chi connectivity index (χ0) is 14.1. The largest absolute Gasteiger partial charge is 0.383 e. The number of rotatable bonds is 8. The highest BCUT2D eigenvalue weighted by Crippen LogP contribution is 2.10. The Morgan fingerprint density at radius 3 is 2.68 bits per heavy atom. The van der Waals surface area contributed by atoms with E-state index in [1.54, 1.807) is 12.0 Å². The van der Waals surface area contributed by atoms with Crippen LogP contribution in [-0.2, 0) is 16.0 Å². The molecule has 0 saturated heterocycles. The van der Waals surface area contributed by atoms with Crippen LogP contribution in [0.15, 0.2) is 24.3 Å². The number of nitrogens with zero attached hydrogens (tertiary/aromatic N) is 1. The molecule has 0 aliphatic heterocycles. The average Bonchev–Trinajstić information content (AvgIpc) is 2.42. The molecule has 0 heterocycles. The number of nitrogens with two attached hydrogens (primary N) is 1. The number of hydrogen-bond acceptors (Lipinski definition) is 3. The van der Waals surface area contributed by atoms with Crippen LogP contribution in [0.5, 0.6) is 0 Å². The number of carbonyl (C=O) groups is 1. The summed E-state index contributed by atoms with van der Waals surface area (Å²) in [5.41, 5.74) is 8.00. The van der Waals surface area contributed by atoms with Gasteiger partial charge >= 0.3 is 0 Å². The fraction of sp³-hybridized carbons (Fsp3) is 0.533. The third-order valence-electron chi connectivity index (χ3n) is 3.19. The summed E-state index contributed by atoms with van der Waals surface area (Å²) in [7, 11) is 1.64. The van der Waals surface area contributed by atoms with E-state index in [9.17, 15) is 4.79 Å². The van der Waals surface area contributed by atoms with Crippen molar-refractivity contribution in [1.29, 1.82) is 0 Å². The molecule has 0 fully saturated rings. The lowest BCUT2D eigenvalue weighted by Gasteiger charge is -2.21. The van der Waals surface area contributed by atoms with Gasteiger partial charge in [0.05, 0.1) is 6.61 Å². The fourth-order valence-electron chi connectivity index (χ4n) is 2.01. The summed E-state index contributed by atoms with van der Waals surface area (Å²) in [4.78, 5) is 13.9. The highest BCUT2D eigenvalue weighted by atomic mass is 16.5. The van der Waals surface area contributed by atoms with Crippen molar-refractivity contribution < 1.29 is 9.53 Å². The zero-order valence-electron chi connectivity index (χ0n) is 11.9. The topological polar surface area (TPSA) is 55.6 Å². The van der Waals surface area contributed by atoms with E-state index in [1.165, 1.54) is 11.1 Å². The van der Waals surface area contributed by atoms with Gasteiger partial charge in [-0.1, -0.05) is 24.3 Å². The highest BCUT2D eigenvalue weighted by Gasteiger charge is 2.12. The Morgan fingerprint density at radius 1 is 1.32 bits per heavy atom. The van der Waals surface area contributed by atoms with E-state index in [1.807, 2.05) is 12.1 Å². The molecule has 0 bridgehead atoms. The average molecular weight is 264 g/mol. The lowest BCUT2D eigenvalue weighted by Crippen LogP contribution is -2.37. The normalized spacial score (nSPS) is 10.5.